The zero-order valence-corrected chi connectivity index (χ0v) is 19.7. The van der Waals surface area contributed by atoms with Crippen LogP contribution in [0.2, 0.25) is 0 Å². The normalized spacial score (nSPS) is 15.6. The van der Waals surface area contributed by atoms with Crippen molar-refractivity contribution in [2.24, 2.45) is 14.1 Å². The predicted molar refractivity (Wildman–Crippen MR) is 130 cm³/mol. The van der Waals surface area contributed by atoms with Crippen LogP contribution < -0.4 is 21.5 Å². The molecule has 180 valence electrons. The smallest absolute Gasteiger partial charge is 0.332 e. The lowest BCUT2D eigenvalue weighted by Crippen LogP contribution is -2.37. The number of carbonyl (C=O) groups excluding carboxylic acids is 1. The van der Waals surface area contributed by atoms with E-state index in [2.05, 4.69) is 37.1 Å². The van der Waals surface area contributed by atoms with Gasteiger partial charge in [0.05, 0.1) is 12.0 Å². The van der Waals surface area contributed by atoms with Crippen molar-refractivity contribution in [1.82, 2.24) is 33.6 Å². The lowest BCUT2D eigenvalue weighted by Gasteiger charge is -2.20. The number of imidazole rings is 1. The molecule has 0 aliphatic carbocycles. The molecule has 4 aromatic rings. The molecule has 1 aliphatic heterocycles. The number of rotatable bonds is 5. The van der Waals surface area contributed by atoms with Crippen LogP contribution in [0.3, 0.4) is 0 Å². The molecule has 0 aromatic carbocycles. The van der Waals surface area contributed by atoms with E-state index in [1.165, 1.54) is 29.6 Å². The Morgan fingerprint density at radius 3 is 2.60 bits per heavy atom. The Morgan fingerprint density at radius 1 is 1.11 bits per heavy atom. The molecule has 1 amide bonds. The summed E-state index contributed by atoms with van der Waals surface area (Å²) in [4.78, 5) is 57.3. The number of hydrogen-bond acceptors (Lipinski definition) is 8. The van der Waals surface area contributed by atoms with Gasteiger partial charge in [-0.25, -0.2) is 24.7 Å². The second kappa shape index (κ2) is 8.78. The molecular weight excluding hydrogens is 450 g/mol. The summed E-state index contributed by atoms with van der Waals surface area (Å²) >= 11 is 0. The first-order chi connectivity index (χ1) is 16.8. The van der Waals surface area contributed by atoms with Gasteiger partial charge in [-0.2, -0.15) is 0 Å². The molecule has 12 nitrogen and oxygen atoms in total. The Morgan fingerprint density at radius 2 is 1.89 bits per heavy atom. The molecule has 4 aromatic heterocycles. The van der Waals surface area contributed by atoms with E-state index in [1.54, 1.807) is 24.5 Å². The predicted octanol–water partition coefficient (Wildman–Crippen LogP) is 0.913. The van der Waals surface area contributed by atoms with Crippen LogP contribution in [0.5, 0.6) is 0 Å². The zero-order valence-electron chi connectivity index (χ0n) is 19.7. The largest absolute Gasteiger partial charge is 0.338 e. The fraction of sp³-hybridized carbons (Fsp3) is 0.348. The molecular formula is C23H25N9O3. The Labute approximate surface area is 199 Å². The molecule has 1 saturated heterocycles. The first-order valence-corrected chi connectivity index (χ1v) is 11.3. The average molecular weight is 476 g/mol. The first-order valence-electron chi connectivity index (χ1n) is 11.3. The van der Waals surface area contributed by atoms with Gasteiger partial charge >= 0.3 is 5.69 Å². The van der Waals surface area contributed by atoms with E-state index >= 15 is 0 Å². The Hall–Kier alpha value is -4.35. The number of aryl methyl sites for hydroxylation is 1. The highest BCUT2D eigenvalue weighted by atomic mass is 16.2. The van der Waals surface area contributed by atoms with Crippen molar-refractivity contribution in [3.05, 3.63) is 57.8 Å². The van der Waals surface area contributed by atoms with Gasteiger partial charge in [-0.15, -0.1) is 0 Å². The quantitative estimate of drug-likeness (QED) is 0.450. The molecule has 5 heterocycles. The summed E-state index contributed by atoms with van der Waals surface area (Å²) in [5.74, 6) is 0.674. The minimum absolute atomic E-state index is 0.165. The average Bonchev–Trinajstić information content (AvgIpc) is 3.48. The van der Waals surface area contributed by atoms with Crippen LogP contribution in [0, 0.1) is 0 Å². The van der Waals surface area contributed by atoms with E-state index in [0.717, 1.165) is 29.5 Å². The Kier molecular flexibility index (Phi) is 5.63. The molecule has 0 unspecified atom stereocenters. The summed E-state index contributed by atoms with van der Waals surface area (Å²) < 4.78 is 3.68. The Bertz CT molecular complexity index is 1530. The number of carbonyl (C=O) groups is 1. The van der Waals surface area contributed by atoms with Crippen LogP contribution in [0.4, 0.5) is 11.8 Å². The molecule has 1 N–H and O–H groups in total. The van der Waals surface area contributed by atoms with E-state index in [1.807, 2.05) is 6.07 Å². The third-order valence-electron chi connectivity index (χ3n) is 6.29. The van der Waals surface area contributed by atoms with E-state index < -0.39 is 11.2 Å². The van der Waals surface area contributed by atoms with E-state index in [-0.39, 0.29) is 23.6 Å². The second-order valence-corrected chi connectivity index (χ2v) is 8.66. The Balaban J connectivity index is 1.33. The fourth-order valence-electron chi connectivity index (χ4n) is 4.35. The topological polar surface area (TPSA) is 133 Å². The minimum Gasteiger partial charge on any atom is -0.338 e. The van der Waals surface area contributed by atoms with Gasteiger partial charge in [0.25, 0.3) is 5.56 Å². The highest BCUT2D eigenvalue weighted by Crippen LogP contribution is 2.23. The van der Waals surface area contributed by atoms with Crippen LogP contribution in [0.1, 0.15) is 19.8 Å². The molecule has 1 atom stereocenters. The number of hydrogen-bond donors (Lipinski definition) is 1. The van der Waals surface area contributed by atoms with E-state index in [9.17, 15) is 14.4 Å². The first kappa shape index (κ1) is 22.4. The number of pyridine rings is 1. The van der Waals surface area contributed by atoms with Crippen LogP contribution in [-0.2, 0) is 25.4 Å². The third kappa shape index (κ3) is 4.07. The summed E-state index contributed by atoms with van der Waals surface area (Å²) in [6.45, 7) is 2.96. The van der Waals surface area contributed by atoms with Crippen molar-refractivity contribution in [3.63, 3.8) is 0 Å². The standard InChI is InChI=1S/C23H25N9O3/c1-14-6-5-9-32(14)22-24-10-15(11-25-22)16-7-4-8-17(27-16)28-18(33)12-31-13-26-20-19(31)21(34)30(3)23(35)29(20)2/h4,7-8,10-11,13-14H,5-6,9,12H2,1-3H3,(H,27,28,33)/t14-/m0/s1. The van der Waals surface area contributed by atoms with Gasteiger partial charge in [0, 0.05) is 44.6 Å². The van der Waals surface area contributed by atoms with Crippen molar-refractivity contribution in [2.75, 3.05) is 16.8 Å². The summed E-state index contributed by atoms with van der Waals surface area (Å²) in [6, 6.07) is 5.71. The molecule has 35 heavy (non-hydrogen) atoms. The van der Waals surface area contributed by atoms with Crippen molar-refractivity contribution in [1.29, 1.82) is 0 Å². The number of anilines is 2. The van der Waals surface area contributed by atoms with Crippen LogP contribution in [0.25, 0.3) is 22.4 Å². The maximum Gasteiger partial charge on any atom is 0.332 e. The number of fused-ring (bicyclic) bond motifs is 1. The fourth-order valence-corrected chi connectivity index (χ4v) is 4.35. The summed E-state index contributed by atoms with van der Waals surface area (Å²) in [6.07, 6.45) is 7.11. The van der Waals surface area contributed by atoms with Gasteiger partial charge in [0.2, 0.25) is 11.9 Å². The lowest BCUT2D eigenvalue weighted by molar-refractivity contribution is -0.116. The SMILES string of the molecule is C[C@H]1CCCN1c1ncc(-c2cccc(NC(=O)Cn3cnc4c3c(=O)n(C)c(=O)n4C)n2)cn1. The molecule has 0 radical (unpaired) electrons. The van der Waals surface area contributed by atoms with Crippen LogP contribution >= 0.6 is 0 Å². The van der Waals surface area contributed by atoms with Crippen LogP contribution in [0.15, 0.2) is 46.5 Å². The van der Waals surface area contributed by atoms with Crippen molar-refractivity contribution < 1.29 is 4.79 Å². The molecule has 5 rings (SSSR count). The summed E-state index contributed by atoms with van der Waals surface area (Å²) in [7, 11) is 2.91. The van der Waals surface area contributed by atoms with Gasteiger partial charge in [-0.3, -0.25) is 18.7 Å². The van der Waals surface area contributed by atoms with E-state index in [4.69, 9.17) is 0 Å². The lowest BCUT2D eigenvalue weighted by atomic mass is 10.2. The molecule has 12 heteroatoms. The number of nitrogens with one attached hydrogen (secondary N) is 1. The van der Waals surface area contributed by atoms with Crippen molar-refractivity contribution in [3.8, 4) is 11.3 Å². The zero-order chi connectivity index (χ0) is 24.7. The monoisotopic (exact) mass is 475 g/mol. The molecule has 0 spiro atoms. The maximum atomic E-state index is 12.7. The van der Waals surface area contributed by atoms with Gasteiger partial charge in [-0.05, 0) is 31.9 Å². The highest BCUT2D eigenvalue weighted by Gasteiger charge is 2.22. The molecule has 1 aliphatic rings. The van der Waals surface area contributed by atoms with Gasteiger partial charge in [-0.1, -0.05) is 6.07 Å². The maximum absolute atomic E-state index is 12.7. The molecule has 1 fully saturated rings. The van der Waals surface area contributed by atoms with E-state index in [0.29, 0.717) is 23.5 Å². The number of nitrogens with zero attached hydrogens (tertiary/aromatic N) is 8. The van der Waals surface area contributed by atoms with Crippen LogP contribution in [-0.4, -0.2) is 52.1 Å². The number of aromatic nitrogens is 7. The number of amides is 1. The molecule has 0 saturated carbocycles. The van der Waals surface area contributed by atoms with Gasteiger partial charge in [0.1, 0.15) is 12.4 Å². The second-order valence-electron chi connectivity index (χ2n) is 8.66. The third-order valence-corrected chi connectivity index (χ3v) is 6.29. The highest BCUT2D eigenvalue weighted by molar-refractivity contribution is 5.90. The summed E-state index contributed by atoms with van der Waals surface area (Å²) in [5.41, 5.74) is 0.766. The van der Waals surface area contributed by atoms with Crippen molar-refractivity contribution in [2.45, 2.75) is 32.4 Å². The molecule has 0 bridgehead atoms. The van der Waals surface area contributed by atoms with Gasteiger partial charge < -0.3 is 14.8 Å². The summed E-state index contributed by atoms with van der Waals surface area (Å²) in [5, 5.41) is 2.75. The van der Waals surface area contributed by atoms with Crippen molar-refractivity contribution >= 4 is 28.8 Å². The minimum atomic E-state index is -0.514. The van der Waals surface area contributed by atoms with Gasteiger partial charge in [0.15, 0.2) is 11.2 Å².